The van der Waals surface area contributed by atoms with Crippen molar-refractivity contribution in [1.82, 2.24) is 0 Å². The van der Waals surface area contributed by atoms with Crippen LogP contribution in [0.1, 0.15) is 39.3 Å². The van der Waals surface area contributed by atoms with E-state index in [9.17, 15) is 0 Å². The first-order valence-corrected chi connectivity index (χ1v) is 13.9. The summed E-state index contributed by atoms with van der Waals surface area (Å²) in [5, 5.41) is 0. The maximum absolute atomic E-state index is 5.40. The fourth-order valence-corrected chi connectivity index (χ4v) is 3.42. The zero-order valence-electron chi connectivity index (χ0n) is 23.7. The molecular formula is C36H46O4. The van der Waals surface area contributed by atoms with Gasteiger partial charge < -0.3 is 18.9 Å². The van der Waals surface area contributed by atoms with Gasteiger partial charge in [-0.25, -0.2) is 0 Å². The molecular weight excluding hydrogens is 496 g/mol. The third-order valence-electron chi connectivity index (χ3n) is 5.91. The lowest BCUT2D eigenvalue weighted by Gasteiger charge is -2.03. The second kappa shape index (κ2) is 18.6. The molecule has 4 heteroatoms. The summed E-state index contributed by atoms with van der Waals surface area (Å²) >= 11 is 0. The van der Waals surface area contributed by atoms with Gasteiger partial charge in [-0.3, -0.25) is 0 Å². The van der Waals surface area contributed by atoms with Crippen molar-refractivity contribution < 1.29 is 18.9 Å². The first kappa shape index (κ1) is 32.6. The predicted octanol–water partition coefficient (Wildman–Crippen LogP) is 8.82. The van der Waals surface area contributed by atoms with Crippen LogP contribution in [0, 0.1) is 6.92 Å². The summed E-state index contributed by atoms with van der Waals surface area (Å²) in [5.74, 6) is 1.84. The molecule has 0 bridgehead atoms. The maximum Gasteiger partial charge on any atom is 0.119 e. The summed E-state index contributed by atoms with van der Waals surface area (Å²) in [6, 6.07) is 37.0. The van der Waals surface area contributed by atoms with E-state index in [2.05, 4.69) is 62.4 Å². The molecule has 2 fully saturated rings. The van der Waals surface area contributed by atoms with Crippen LogP contribution in [-0.4, -0.2) is 38.6 Å². The lowest BCUT2D eigenvalue weighted by Crippen LogP contribution is -2.03. The van der Waals surface area contributed by atoms with Gasteiger partial charge >= 0.3 is 0 Å². The minimum atomic E-state index is 0. The van der Waals surface area contributed by atoms with Crippen LogP contribution < -0.4 is 9.47 Å². The molecule has 0 aliphatic carbocycles. The Labute approximate surface area is 241 Å². The summed E-state index contributed by atoms with van der Waals surface area (Å²) in [4.78, 5) is 0. The summed E-state index contributed by atoms with van der Waals surface area (Å²) < 4.78 is 20.8. The van der Waals surface area contributed by atoms with Gasteiger partial charge in [0.15, 0.2) is 0 Å². The molecule has 0 aromatic heterocycles. The monoisotopic (exact) mass is 542 g/mol. The first-order chi connectivity index (χ1) is 19.2. The summed E-state index contributed by atoms with van der Waals surface area (Å²) in [6.45, 7) is 11.4. The normalized spacial score (nSPS) is 15.7. The third kappa shape index (κ3) is 13.0. The van der Waals surface area contributed by atoms with Crippen LogP contribution in [0.2, 0.25) is 0 Å². The molecule has 4 nitrogen and oxygen atoms in total. The zero-order chi connectivity index (χ0) is 27.7. The van der Waals surface area contributed by atoms with Crippen molar-refractivity contribution in [2.24, 2.45) is 0 Å². The number of epoxide rings is 2. The average molecular weight is 543 g/mol. The molecule has 6 rings (SSSR count). The molecule has 2 heterocycles. The number of para-hydroxylation sites is 2. The Kier molecular flexibility index (Phi) is 15.2. The molecule has 0 N–H and O–H groups in total. The Morgan fingerprint density at radius 2 is 0.975 bits per heavy atom. The SMILES string of the molecule is C.CC.CCc1ccc(-c2ccc(C)cc2)cc1.c1ccc(OCC2CO2)cc1.c1ccc(OCC2CO2)cc1. The number of ether oxygens (including phenoxy) is 4. The van der Waals surface area contributed by atoms with E-state index in [0.717, 1.165) is 31.1 Å². The molecule has 214 valence electrons. The van der Waals surface area contributed by atoms with Crippen molar-refractivity contribution in [1.29, 1.82) is 0 Å². The molecule has 2 unspecified atom stereocenters. The van der Waals surface area contributed by atoms with Crippen molar-refractivity contribution in [3.63, 3.8) is 0 Å². The van der Waals surface area contributed by atoms with Crippen LogP contribution in [0.15, 0.2) is 109 Å². The minimum absolute atomic E-state index is 0. The molecule has 2 aliphatic rings. The summed E-state index contributed by atoms with van der Waals surface area (Å²) in [7, 11) is 0. The number of aryl methyl sites for hydroxylation is 2. The van der Waals surface area contributed by atoms with Gasteiger partial charge in [-0.15, -0.1) is 0 Å². The van der Waals surface area contributed by atoms with Crippen LogP contribution in [0.25, 0.3) is 11.1 Å². The molecule has 2 aliphatic heterocycles. The van der Waals surface area contributed by atoms with Crippen LogP contribution in [0.4, 0.5) is 0 Å². The lowest BCUT2D eigenvalue weighted by atomic mass is 10.0. The van der Waals surface area contributed by atoms with Crippen LogP contribution in [-0.2, 0) is 15.9 Å². The topological polar surface area (TPSA) is 43.5 Å². The van der Waals surface area contributed by atoms with E-state index in [0.29, 0.717) is 25.4 Å². The van der Waals surface area contributed by atoms with Gasteiger partial charge in [0.1, 0.15) is 36.9 Å². The van der Waals surface area contributed by atoms with Crippen molar-refractivity contribution in [2.45, 2.75) is 53.8 Å². The Balaban J connectivity index is 0.000000204. The highest BCUT2D eigenvalue weighted by Gasteiger charge is 2.23. The van der Waals surface area contributed by atoms with E-state index in [1.54, 1.807) is 0 Å². The standard InChI is InChI=1S/C15H16.2C9H10O2.C2H6.CH4/c1-3-13-6-10-15(11-7-13)14-8-4-12(2)5-9-14;2*1-2-4-8(5-3-1)10-6-9-7-11-9;1-2;/h4-11H,3H2,1-2H3;2*1-5,9H,6-7H2;1-2H3;1H4. The number of rotatable bonds is 8. The average Bonchev–Trinajstić information content (AvgIpc) is 3.94. The summed E-state index contributed by atoms with van der Waals surface area (Å²) in [5.41, 5.74) is 5.30. The quantitative estimate of drug-likeness (QED) is 0.209. The van der Waals surface area contributed by atoms with Gasteiger partial charge in [-0.05, 0) is 54.3 Å². The molecule has 0 radical (unpaired) electrons. The smallest absolute Gasteiger partial charge is 0.119 e. The number of benzene rings is 4. The van der Waals surface area contributed by atoms with E-state index < -0.39 is 0 Å². The predicted molar refractivity (Wildman–Crippen MR) is 167 cm³/mol. The highest BCUT2D eigenvalue weighted by Crippen LogP contribution is 2.20. The van der Waals surface area contributed by atoms with Gasteiger partial charge in [0.05, 0.1) is 13.2 Å². The van der Waals surface area contributed by atoms with Gasteiger partial charge in [0, 0.05) is 0 Å². The molecule has 4 aromatic rings. The maximum atomic E-state index is 5.40. The zero-order valence-corrected chi connectivity index (χ0v) is 23.7. The van der Waals surface area contributed by atoms with Gasteiger partial charge in [-0.1, -0.05) is 119 Å². The highest BCUT2D eigenvalue weighted by atomic mass is 16.6. The Morgan fingerprint density at radius 1 is 0.600 bits per heavy atom. The van der Waals surface area contributed by atoms with E-state index in [1.807, 2.05) is 74.5 Å². The van der Waals surface area contributed by atoms with Gasteiger partial charge in [0.25, 0.3) is 0 Å². The van der Waals surface area contributed by atoms with E-state index >= 15 is 0 Å². The highest BCUT2D eigenvalue weighted by molar-refractivity contribution is 5.63. The molecule has 2 saturated heterocycles. The van der Waals surface area contributed by atoms with Crippen molar-refractivity contribution in [2.75, 3.05) is 26.4 Å². The molecule has 40 heavy (non-hydrogen) atoms. The molecule has 0 amide bonds. The van der Waals surface area contributed by atoms with Crippen molar-refractivity contribution in [3.05, 3.63) is 120 Å². The Morgan fingerprint density at radius 3 is 1.32 bits per heavy atom. The van der Waals surface area contributed by atoms with Crippen LogP contribution in [0.3, 0.4) is 0 Å². The fraction of sp³-hybridized carbons (Fsp3) is 0.333. The van der Waals surface area contributed by atoms with Crippen LogP contribution in [0.5, 0.6) is 11.5 Å². The van der Waals surface area contributed by atoms with E-state index in [-0.39, 0.29) is 7.43 Å². The number of hydrogen-bond acceptors (Lipinski definition) is 4. The molecule has 0 spiro atoms. The lowest BCUT2D eigenvalue weighted by molar-refractivity contribution is 0.263. The van der Waals surface area contributed by atoms with Gasteiger partial charge in [-0.2, -0.15) is 0 Å². The van der Waals surface area contributed by atoms with Crippen molar-refractivity contribution in [3.8, 4) is 22.6 Å². The second-order valence-corrected chi connectivity index (χ2v) is 9.08. The molecule has 2 atom stereocenters. The fourth-order valence-electron chi connectivity index (χ4n) is 3.42. The third-order valence-corrected chi connectivity index (χ3v) is 5.91. The Bertz CT molecular complexity index is 1100. The van der Waals surface area contributed by atoms with Gasteiger partial charge in [0.2, 0.25) is 0 Å². The van der Waals surface area contributed by atoms with E-state index in [4.69, 9.17) is 18.9 Å². The van der Waals surface area contributed by atoms with E-state index in [1.165, 1.54) is 22.3 Å². The largest absolute Gasteiger partial charge is 0.491 e. The Hall–Kier alpha value is -3.60. The summed E-state index contributed by atoms with van der Waals surface area (Å²) in [6.07, 6.45) is 1.79. The number of hydrogen-bond donors (Lipinski definition) is 0. The molecule has 0 saturated carbocycles. The molecule has 4 aromatic carbocycles. The van der Waals surface area contributed by atoms with Crippen LogP contribution >= 0.6 is 0 Å². The minimum Gasteiger partial charge on any atom is -0.491 e. The van der Waals surface area contributed by atoms with Crippen molar-refractivity contribution >= 4 is 0 Å². The second-order valence-electron chi connectivity index (χ2n) is 9.08. The first-order valence-electron chi connectivity index (χ1n) is 13.9.